The molecule has 0 aliphatic heterocycles. The fourth-order valence-electron chi connectivity index (χ4n) is 3.81. The van der Waals surface area contributed by atoms with Crippen LogP contribution in [0.25, 0.3) is 11.2 Å². The maximum Gasteiger partial charge on any atom is 0.407 e. The van der Waals surface area contributed by atoms with E-state index < -0.39 is 54.7 Å². The van der Waals surface area contributed by atoms with E-state index in [1.54, 1.807) is 20.8 Å². The number of imidazole rings is 1. The largest absolute Gasteiger partial charge is 0.480 e. The van der Waals surface area contributed by atoms with Gasteiger partial charge in [0.25, 0.3) is 0 Å². The summed E-state index contributed by atoms with van der Waals surface area (Å²) in [6, 6.07) is 9.12. The minimum Gasteiger partial charge on any atom is -0.480 e. The van der Waals surface area contributed by atoms with E-state index in [0.29, 0.717) is 0 Å². The van der Waals surface area contributed by atoms with E-state index in [1.165, 1.54) is 10.9 Å². The number of alkyl carbamates (subject to hydrolysis) is 2. The van der Waals surface area contributed by atoms with E-state index in [-0.39, 0.29) is 49.6 Å². The van der Waals surface area contributed by atoms with E-state index in [2.05, 4.69) is 30.9 Å². The van der Waals surface area contributed by atoms with Gasteiger partial charge in [-0.25, -0.2) is 19.4 Å². The molecule has 0 aliphatic rings. The number of nitrogens with one attached hydrogen (secondary N) is 4. The number of carbonyl (C=O) groups is 4. The summed E-state index contributed by atoms with van der Waals surface area (Å²) in [5.41, 5.74) is -0.579. The summed E-state index contributed by atoms with van der Waals surface area (Å²) in [7, 11) is 0. The average molecular weight is 617 g/mol. The molecule has 17 heteroatoms. The first-order chi connectivity index (χ1) is 20.8. The molecule has 0 spiro atoms. The van der Waals surface area contributed by atoms with Crippen molar-refractivity contribution in [1.29, 1.82) is 0 Å². The smallest absolute Gasteiger partial charge is 0.407 e. The molecule has 1 unspecified atom stereocenters. The third-order valence-electron chi connectivity index (χ3n) is 5.73. The number of carbonyl (C=O) groups excluding carboxylic acids is 3. The Hall–Kier alpha value is -5.19. The van der Waals surface area contributed by atoms with E-state index in [9.17, 15) is 34.2 Å². The first-order valence-corrected chi connectivity index (χ1v) is 13.6. The number of carboxylic acids is 1. The van der Waals surface area contributed by atoms with Crippen LogP contribution in [0.15, 0.2) is 41.5 Å². The van der Waals surface area contributed by atoms with Crippen molar-refractivity contribution in [3.05, 3.63) is 52.7 Å². The fraction of sp³-hybridized carbons (Fsp3) is 0.444. The Morgan fingerprint density at radius 1 is 1.09 bits per heavy atom. The van der Waals surface area contributed by atoms with Crippen molar-refractivity contribution in [1.82, 2.24) is 35.1 Å². The third kappa shape index (κ3) is 10.9. The summed E-state index contributed by atoms with van der Waals surface area (Å²) in [6.07, 6.45) is -1.33. The van der Waals surface area contributed by atoms with Crippen molar-refractivity contribution in [2.45, 2.75) is 52.2 Å². The van der Waals surface area contributed by atoms with E-state index >= 15 is 0 Å². The number of aromatic nitrogens is 4. The molecule has 2 heterocycles. The number of aliphatic hydroxyl groups excluding tert-OH is 1. The number of anilines is 1. The lowest BCUT2D eigenvalue weighted by molar-refractivity contribution is -0.144. The second-order valence-corrected chi connectivity index (χ2v) is 10.5. The molecule has 0 bridgehead atoms. The lowest BCUT2D eigenvalue weighted by atomic mass is 10.2. The van der Waals surface area contributed by atoms with Gasteiger partial charge in [0.2, 0.25) is 5.91 Å². The van der Waals surface area contributed by atoms with Crippen molar-refractivity contribution < 1.29 is 38.9 Å². The number of hydrogen-bond acceptors (Lipinski definition) is 11. The minimum atomic E-state index is -1.26. The van der Waals surface area contributed by atoms with Gasteiger partial charge in [-0.1, -0.05) is 30.3 Å². The van der Waals surface area contributed by atoms with Gasteiger partial charge in [-0.15, -0.1) is 0 Å². The molecule has 0 saturated carbocycles. The number of carboxylic acid groups (broad SMARTS) is 1. The molecule has 0 saturated heterocycles. The van der Waals surface area contributed by atoms with Crippen molar-refractivity contribution in [2.75, 3.05) is 31.5 Å². The molecule has 0 aliphatic carbocycles. The molecular formula is C27H36N8O9. The molecule has 6 N–H and O–H groups in total. The number of fused-ring (bicyclic) bond motifs is 1. The fourth-order valence-corrected chi connectivity index (χ4v) is 3.81. The van der Waals surface area contributed by atoms with Crippen LogP contribution in [0.4, 0.5) is 15.4 Å². The summed E-state index contributed by atoms with van der Waals surface area (Å²) in [4.78, 5) is 71.9. The summed E-state index contributed by atoms with van der Waals surface area (Å²) in [5.74, 6) is -1.88. The van der Waals surface area contributed by atoms with Crippen molar-refractivity contribution in [2.24, 2.45) is 0 Å². The van der Waals surface area contributed by atoms with Crippen LogP contribution >= 0.6 is 0 Å². The first kappa shape index (κ1) is 33.3. The molecule has 3 aromatic rings. The SMILES string of the molecule is CC(C)(C)OC(=O)NCCN(CC(=O)O)C(=O)Cn1cnc2c(NC(O)CCNC(=O)OCc3ccccc3)[nH]c(=O)nc21. The molecule has 2 aromatic heterocycles. The monoisotopic (exact) mass is 616 g/mol. The molecule has 238 valence electrons. The second kappa shape index (κ2) is 15.3. The summed E-state index contributed by atoms with van der Waals surface area (Å²) in [5, 5.41) is 27.4. The average Bonchev–Trinajstić information content (AvgIpc) is 3.33. The Morgan fingerprint density at radius 3 is 2.48 bits per heavy atom. The van der Waals surface area contributed by atoms with Crippen LogP contribution < -0.4 is 21.6 Å². The maximum absolute atomic E-state index is 13.0. The number of ether oxygens (including phenoxy) is 2. The molecule has 1 atom stereocenters. The van der Waals surface area contributed by atoms with Crippen molar-refractivity contribution >= 4 is 41.0 Å². The number of benzene rings is 1. The van der Waals surface area contributed by atoms with Crippen LogP contribution in [0.3, 0.4) is 0 Å². The standard InChI is InChI=1S/C27H36N8O9/c1-27(2,3)44-26(42)29-11-12-34(14-20(38)39)19(37)13-35-16-30-21-22(32-24(40)33-23(21)35)31-18(36)9-10-28-25(41)43-15-17-7-5-4-6-8-17/h4-8,16,18,36H,9-15H2,1-3H3,(H,28,41)(H,29,42)(H,38,39)(H2,31,32,33,40). The highest BCUT2D eigenvalue weighted by Crippen LogP contribution is 2.17. The van der Waals surface area contributed by atoms with Crippen molar-refractivity contribution in [3.63, 3.8) is 0 Å². The number of rotatable bonds is 14. The number of H-pyrrole nitrogens is 1. The molecule has 17 nitrogen and oxygen atoms in total. The van der Waals surface area contributed by atoms with Gasteiger partial charge >= 0.3 is 23.8 Å². The third-order valence-corrected chi connectivity index (χ3v) is 5.73. The summed E-state index contributed by atoms with van der Waals surface area (Å²) in [6.45, 7) is 3.95. The molecule has 0 fully saturated rings. The predicted octanol–water partition coefficient (Wildman–Crippen LogP) is 0.604. The Kier molecular flexibility index (Phi) is 11.6. The molecule has 3 rings (SSSR count). The van der Waals surface area contributed by atoms with Crippen LogP contribution in [-0.2, 0) is 32.2 Å². The van der Waals surface area contributed by atoms with E-state index in [0.717, 1.165) is 10.5 Å². The van der Waals surface area contributed by atoms with Crippen LogP contribution in [0.1, 0.15) is 32.8 Å². The highest BCUT2D eigenvalue weighted by molar-refractivity contribution is 5.85. The maximum atomic E-state index is 13.0. The number of aromatic amines is 1. The zero-order valence-corrected chi connectivity index (χ0v) is 24.5. The highest BCUT2D eigenvalue weighted by Gasteiger charge is 2.21. The van der Waals surface area contributed by atoms with Crippen LogP contribution in [-0.4, -0.2) is 96.7 Å². The quantitative estimate of drug-likeness (QED) is 0.137. The summed E-state index contributed by atoms with van der Waals surface area (Å²) >= 11 is 0. The zero-order valence-electron chi connectivity index (χ0n) is 24.5. The Balaban J connectivity index is 1.57. The minimum absolute atomic E-state index is 0.00145. The Morgan fingerprint density at radius 2 is 1.80 bits per heavy atom. The Labute approximate surface area is 251 Å². The Bertz CT molecular complexity index is 1500. The van der Waals surface area contributed by atoms with Gasteiger partial charge in [0.15, 0.2) is 5.65 Å². The van der Waals surface area contributed by atoms with E-state index in [4.69, 9.17) is 9.47 Å². The summed E-state index contributed by atoms with van der Waals surface area (Å²) < 4.78 is 11.5. The van der Waals surface area contributed by atoms with Gasteiger partial charge in [-0.05, 0) is 26.3 Å². The lowest BCUT2D eigenvalue weighted by Crippen LogP contribution is -2.43. The van der Waals surface area contributed by atoms with Gasteiger partial charge in [0.05, 0.1) is 6.33 Å². The van der Waals surface area contributed by atoms with Gasteiger partial charge in [-0.3, -0.25) is 14.6 Å². The van der Waals surface area contributed by atoms with Crippen molar-refractivity contribution in [3.8, 4) is 0 Å². The second-order valence-electron chi connectivity index (χ2n) is 10.5. The normalized spacial score (nSPS) is 11.8. The number of hydrogen-bond donors (Lipinski definition) is 6. The molecule has 44 heavy (non-hydrogen) atoms. The highest BCUT2D eigenvalue weighted by atomic mass is 16.6. The van der Waals surface area contributed by atoms with Gasteiger partial charge in [0, 0.05) is 26.1 Å². The number of nitrogens with zero attached hydrogens (tertiary/aromatic N) is 4. The van der Waals surface area contributed by atoms with Crippen LogP contribution in [0, 0.1) is 0 Å². The van der Waals surface area contributed by atoms with Crippen LogP contribution in [0.5, 0.6) is 0 Å². The van der Waals surface area contributed by atoms with Crippen LogP contribution in [0.2, 0.25) is 0 Å². The van der Waals surface area contributed by atoms with E-state index in [1.807, 2.05) is 30.3 Å². The number of amides is 3. The first-order valence-electron chi connectivity index (χ1n) is 13.6. The predicted molar refractivity (Wildman–Crippen MR) is 155 cm³/mol. The van der Waals surface area contributed by atoms with Gasteiger partial charge in [-0.2, -0.15) is 4.98 Å². The molecular weight excluding hydrogens is 580 g/mol. The number of aliphatic hydroxyl groups is 1. The topological polar surface area (TPSA) is 230 Å². The molecule has 1 aromatic carbocycles. The molecule has 0 radical (unpaired) electrons. The van der Waals surface area contributed by atoms with Gasteiger partial charge < -0.3 is 45.1 Å². The number of aliphatic carboxylic acids is 1. The zero-order chi connectivity index (χ0) is 32.3. The molecule has 3 amide bonds. The van der Waals surface area contributed by atoms with Gasteiger partial charge in [0.1, 0.15) is 42.9 Å². The lowest BCUT2D eigenvalue weighted by Gasteiger charge is -2.23.